The van der Waals surface area contributed by atoms with Crippen molar-refractivity contribution < 1.29 is 23.8 Å². The molecule has 2 aliphatic rings. The number of carbonyl (C=O) groups excluding carboxylic acids is 2. The average Bonchev–Trinajstić information content (AvgIpc) is 3.32. The highest BCUT2D eigenvalue weighted by molar-refractivity contribution is 6.33. The lowest BCUT2D eigenvalue weighted by molar-refractivity contribution is -0.126. The predicted molar refractivity (Wildman–Crippen MR) is 148 cm³/mol. The number of nitrogens with one attached hydrogen (secondary N) is 2. The van der Waals surface area contributed by atoms with Crippen LogP contribution in [0.3, 0.4) is 0 Å². The molecule has 0 aliphatic carbocycles. The van der Waals surface area contributed by atoms with Crippen molar-refractivity contribution in [2.24, 2.45) is 0 Å². The Kier molecular flexibility index (Phi) is 8.44. The van der Waals surface area contributed by atoms with Crippen molar-refractivity contribution in [2.45, 2.75) is 44.4 Å². The molecule has 1 fully saturated rings. The molecule has 3 N–H and O–H groups in total. The van der Waals surface area contributed by atoms with E-state index in [-0.39, 0.29) is 29.6 Å². The average molecular weight is 579 g/mol. The molecular formula is C29H28ClFN6O4. The first-order chi connectivity index (χ1) is 19.8. The maximum atomic E-state index is 13.9. The lowest BCUT2D eigenvalue weighted by atomic mass is 10.0. The molecule has 2 aliphatic heterocycles. The summed E-state index contributed by atoms with van der Waals surface area (Å²) >= 11 is 6.44. The van der Waals surface area contributed by atoms with Gasteiger partial charge in [-0.3, -0.25) is 9.59 Å². The Hall–Kier alpha value is -4.11. The maximum absolute atomic E-state index is 13.9. The second-order valence-electron chi connectivity index (χ2n) is 9.99. The van der Waals surface area contributed by atoms with Crippen LogP contribution >= 0.6 is 11.6 Å². The van der Waals surface area contributed by atoms with Crippen LogP contribution in [-0.4, -0.2) is 63.7 Å². The molecule has 2 unspecified atom stereocenters. The van der Waals surface area contributed by atoms with E-state index < -0.39 is 30.4 Å². The van der Waals surface area contributed by atoms with Crippen LogP contribution in [0.15, 0.2) is 42.6 Å². The molecule has 3 aromatic rings. The molecule has 2 aromatic carbocycles. The van der Waals surface area contributed by atoms with Crippen molar-refractivity contribution >= 4 is 29.4 Å². The van der Waals surface area contributed by atoms with Gasteiger partial charge in [0, 0.05) is 36.9 Å². The third-order valence-electron chi connectivity index (χ3n) is 7.37. The number of anilines is 1. The number of aliphatic hydroxyl groups excluding tert-OH is 1. The molecule has 2 amide bonds. The summed E-state index contributed by atoms with van der Waals surface area (Å²) < 4.78 is 19.3. The Balaban J connectivity index is 1.32. The minimum Gasteiger partial charge on any atom is -0.394 e. The van der Waals surface area contributed by atoms with Gasteiger partial charge < -0.3 is 25.4 Å². The highest BCUT2D eigenvalue weighted by Gasteiger charge is 2.35. The smallest absolute Gasteiger partial charge is 0.255 e. The number of nitriles is 1. The molecule has 2 atom stereocenters. The van der Waals surface area contributed by atoms with Gasteiger partial charge in [0.15, 0.2) is 0 Å². The zero-order chi connectivity index (χ0) is 29.1. The lowest BCUT2D eigenvalue weighted by Gasteiger charge is -2.26. The van der Waals surface area contributed by atoms with Gasteiger partial charge in [-0.1, -0.05) is 23.7 Å². The van der Waals surface area contributed by atoms with Gasteiger partial charge >= 0.3 is 0 Å². The Morgan fingerprint density at radius 2 is 2.07 bits per heavy atom. The van der Waals surface area contributed by atoms with Crippen molar-refractivity contribution in [2.75, 3.05) is 25.1 Å². The highest BCUT2D eigenvalue weighted by atomic mass is 35.5. The van der Waals surface area contributed by atoms with E-state index in [1.807, 2.05) is 12.1 Å². The summed E-state index contributed by atoms with van der Waals surface area (Å²) in [4.78, 5) is 36.9. The normalized spacial score (nSPS) is 16.6. The van der Waals surface area contributed by atoms with Gasteiger partial charge in [-0.2, -0.15) is 5.26 Å². The van der Waals surface area contributed by atoms with E-state index in [2.05, 4.69) is 20.6 Å². The minimum atomic E-state index is -1.02. The summed E-state index contributed by atoms with van der Waals surface area (Å²) in [5, 5.41) is 25.6. The van der Waals surface area contributed by atoms with E-state index in [9.17, 15) is 24.3 Å². The van der Waals surface area contributed by atoms with Crippen LogP contribution in [0.25, 0.3) is 11.3 Å². The molecule has 0 radical (unpaired) electrons. The van der Waals surface area contributed by atoms with Gasteiger partial charge in [-0.15, -0.1) is 0 Å². The number of hydrogen-bond acceptors (Lipinski definition) is 8. The topological polar surface area (TPSA) is 140 Å². The minimum absolute atomic E-state index is 0.130. The number of ether oxygens (including phenoxy) is 1. The van der Waals surface area contributed by atoms with Crippen LogP contribution in [0.2, 0.25) is 5.02 Å². The first kappa shape index (κ1) is 28.4. The second kappa shape index (κ2) is 12.2. The van der Waals surface area contributed by atoms with Gasteiger partial charge in [0.1, 0.15) is 11.9 Å². The molecule has 41 heavy (non-hydrogen) atoms. The van der Waals surface area contributed by atoms with Crippen LogP contribution in [0.4, 0.5) is 10.3 Å². The number of aliphatic hydroxyl groups is 1. The predicted octanol–water partition coefficient (Wildman–Crippen LogP) is 3.59. The number of rotatable bonds is 8. The van der Waals surface area contributed by atoms with Crippen molar-refractivity contribution in [1.29, 1.82) is 5.26 Å². The Morgan fingerprint density at radius 3 is 2.80 bits per heavy atom. The van der Waals surface area contributed by atoms with Crippen LogP contribution in [0.5, 0.6) is 0 Å². The number of nitrogens with zero attached hydrogens (tertiary/aromatic N) is 4. The fourth-order valence-corrected chi connectivity index (χ4v) is 5.23. The fraction of sp³-hybridized carbons (Fsp3) is 0.345. The maximum Gasteiger partial charge on any atom is 0.255 e. The van der Waals surface area contributed by atoms with E-state index >= 15 is 0 Å². The van der Waals surface area contributed by atoms with E-state index in [0.717, 1.165) is 30.5 Å². The first-order valence-electron chi connectivity index (χ1n) is 13.2. The summed E-state index contributed by atoms with van der Waals surface area (Å²) in [5.74, 6) is -1.07. The van der Waals surface area contributed by atoms with Crippen LogP contribution < -0.4 is 10.6 Å². The zero-order valence-corrected chi connectivity index (χ0v) is 23.0. The molecule has 212 valence electrons. The quantitative estimate of drug-likeness (QED) is 0.368. The van der Waals surface area contributed by atoms with E-state index in [4.69, 9.17) is 16.3 Å². The number of fused-ring (bicyclic) bond motifs is 1. The number of halogens is 2. The Labute approximate surface area is 241 Å². The Morgan fingerprint density at radius 1 is 1.29 bits per heavy atom. The van der Waals surface area contributed by atoms with Crippen molar-refractivity contribution in [3.8, 4) is 17.3 Å². The van der Waals surface area contributed by atoms with Crippen LogP contribution in [0.1, 0.15) is 52.9 Å². The van der Waals surface area contributed by atoms with Gasteiger partial charge in [-0.25, -0.2) is 14.4 Å². The summed E-state index contributed by atoms with van der Waals surface area (Å²) in [6.45, 7) is 2.55. The number of benzene rings is 2. The van der Waals surface area contributed by atoms with E-state index in [0.29, 0.717) is 41.0 Å². The molecule has 1 aromatic heterocycles. The third-order valence-corrected chi connectivity index (χ3v) is 7.65. The second-order valence-corrected chi connectivity index (χ2v) is 10.4. The molecule has 12 heteroatoms. The van der Waals surface area contributed by atoms with Gasteiger partial charge in [0.25, 0.3) is 5.91 Å². The van der Waals surface area contributed by atoms with E-state index in [1.165, 1.54) is 17.2 Å². The molecule has 1 saturated heterocycles. The standard InChI is InChI=1S/C29H28ClFN6O4/c1-16(27(39)35-25(15-38)22-11-20(31)5-4-18(22)12-32)37-14-19-3-2-17(10-23(19)28(37)40)26-24(30)13-33-29(36-26)34-21-6-8-41-9-7-21/h2-5,10-11,13,16,21,25,38H,6-9,14-15H2,1H3,(H,35,39)(H,33,34,36). The molecule has 5 rings (SSSR count). The highest BCUT2D eigenvalue weighted by Crippen LogP contribution is 2.32. The van der Waals surface area contributed by atoms with Crippen LogP contribution in [-0.2, 0) is 16.1 Å². The van der Waals surface area contributed by atoms with Gasteiger partial charge in [0.2, 0.25) is 11.9 Å². The van der Waals surface area contributed by atoms with Gasteiger partial charge in [-0.05, 0) is 55.2 Å². The number of aromatic nitrogens is 2. The molecular weight excluding hydrogens is 551 g/mol. The van der Waals surface area contributed by atoms with Crippen molar-refractivity contribution in [3.63, 3.8) is 0 Å². The molecule has 0 saturated carbocycles. The van der Waals surface area contributed by atoms with Crippen molar-refractivity contribution in [3.05, 3.63) is 75.7 Å². The SMILES string of the molecule is CC(C(=O)NC(CO)c1cc(F)ccc1C#N)N1Cc2ccc(-c3nc(NC4CCOCC4)ncc3Cl)cc2C1=O. The first-order valence-corrected chi connectivity index (χ1v) is 13.6. The molecule has 0 bridgehead atoms. The summed E-state index contributed by atoms with van der Waals surface area (Å²) in [6.07, 6.45) is 3.21. The summed E-state index contributed by atoms with van der Waals surface area (Å²) in [7, 11) is 0. The number of carbonyl (C=O) groups is 2. The molecule has 10 nitrogen and oxygen atoms in total. The zero-order valence-electron chi connectivity index (χ0n) is 22.2. The van der Waals surface area contributed by atoms with Crippen LogP contribution in [0, 0.1) is 17.1 Å². The van der Waals surface area contributed by atoms with E-state index in [1.54, 1.807) is 19.1 Å². The van der Waals surface area contributed by atoms with Gasteiger partial charge in [0.05, 0.1) is 41.2 Å². The van der Waals surface area contributed by atoms with Crippen molar-refractivity contribution in [1.82, 2.24) is 20.2 Å². The lowest BCUT2D eigenvalue weighted by Crippen LogP contribution is -2.46. The largest absolute Gasteiger partial charge is 0.394 e. The fourth-order valence-electron chi connectivity index (χ4n) is 5.03. The Bertz CT molecular complexity index is 1520. The molecule has 3 heterocycles. The monoisotopic (exact) mass is 578 g/mol. The third kappa shape index (κ3) is 6.00. The summed E-state index contributed by atoms with van der Waals surface area (Å²) in [5.41, 5.74) is 2.55. The molecule has 0 spiro atoms. The summed E-state index contributed by atoms with van der Waals surface area (Å²) in [6, 6.07) is 9.05. The number of amides is 2. The number of hydrogen-bond donors (Lipinski definition) is 3.